The van der Waals surface area contributed by atoms with Crippen LogP contribution in [0.2, 0.25) is 0 Å². The highest BCUT2D eigenvalue weighted by Gasteiger charge is 2.12. The average Bonchev–Trinajstić information content (AvgIpc) is 2.48. The maximum atomic E-state index is 12.4. The van der Waals surface area contributed by atoms with Crippen molar-refractivity contribution in [2.75, 3.05) is 11.9 Å². The Kier molecular flexibility index (Phi) is 4.96. The number of rotatable bonds is 4. The first-order valence-corrected chi connectivity index (χ1v) is 7.07. The molecule has 0 spiro atoms. The van der Waals surface area contributed by atoms with Crippen LogP contribution >= 0.6 is 15.9 Å². The molecule has 21 heavy (non-hydrogen) atoms. The molecule has 0 saturated heterocycles. The minimum Gasteiger partial charge on any atom is -0.477 e. The Morgan fingerprint density at radius 1 is 1.33 bits per heavy atom. The summed E-state index contributed by atoms with van der Waals surface area (Å²) >= 11 is 3.36. The number of carbonyl (C=O) groups is 1. The zero-order valence-electron chi connectivity index (χ0n) is 11.4. The van der Waals surface area contributed by atoms with Gasteiger partial charge < -0.3 is 10.1 Å². The first-order chi connectivity index (χ1) is 10.1. The number of hydrogen-bond donors (Lipinski definition) is 1. The zero-order chi connectivity index (χ0) is 15.2. The van der Waals surface area contributed by atoms with Crippen molar-refractivity contribution >= 4 is 27.5 Å². The van der Waals surface area contributed by atoms with E-state index in [-0.39, 0.29) is 12.5 Å². The minimum absolute atomic E-state index is 0.0667. The summed E-state index contributed by atoms with van der Waals surface area (Å²) in [6.07, 6.45) is 0. The van der Waals surface area contributed by atoms with Crippen molar-refractivity contribution in [1.29, 1.82) is 5.26 Å². The Morgan fingerprint density at radius 2 is 2.10 bits per heavy atom. The fraction of sp³-hybridized carbons (Fsp3) is 0.125. The van der Waals surface area contributed by atoms with Gasteiger partial charge in [0, 0.05) is 10.0 Å². The van der Waals surface area contributed by atoms with Gasteiger partial charge in [0.15, 0.2) is 6.61 Å². The highest BCUT2D eigenvalue weighted by molar-refractivity contribution is 9.10. The Bertz CT molecular complexity index is 708. The summed E-state index contributed by atoms with van der Waals surface area (Å²) < 4.78 is 6.13. The van der Waals surface area contributed by atoms with Gasteiger partial charge in [0.05, 0.1) is 5.69 Å². The van der Waals surface area contributed by atoms with E-state index in [2.05, 4.69) is 21.2 Å². The second-order valence-electron chi connectivity index (χ2n) is 4.36. The van der Waals surface area contributed by atoms with Crippen molar-refractivity contribution in [3.05, 3.63) is 58.1 Å². The molecule has 0 aliphatic heterocycles. The fourth-order valence-electron chi connectivity index (χ4n) is 1.83. The van der Waals surface area contributed by atoms with E-state index in [4.69, 9.17) is 10.00 Å². The third-order valence-corrected chi connectivity index (χ3v) is 3.36. The van der Waals surface area contributed by atoms with Gasteiger partial charge in [-0.2, -0.15) is 5.26 Å². The molecule has 106 valence electrons. The second kappa shape index (κ2) is 6.91. The first kappa shape index (κ1) is 15.1. The Morgan fingerprint density at radius 3 is 2.86 bits per heavy atom. The molecule has 1 amide bonds. The topological polar surface area (TPSA) is 62.1 Å². The first-order valence-electron chi connectivity index (χ1n) is 6.28. The maximum absolute atomic E-state index is 12.4. The van der Waals surface area contributed by atoms with Gasteiger partial charge in [-0.3, -0.25) is 4.79 Å². The number of aryl methyl sites for hydroxylation is 1. The van der Waals surface area contributed by atoms with Gasteiger partial charge in [0.2, 0.25) is 0 Å². The standard InChI is InChI=1S/C16H13BrN2O2/c1-11-6-7-12(17)10-13(11)16(20)19-14-4-2-3-5-15(14)21-9-8-18/h2-7,10H,9H2,1H3,(H,19,20). The number of nitrogens with one attached hydrogen (secondary N) is 1. The number of nitriles is 1. The molecule has 2 aromatic rings. The highest BCUT2D eigenvalue weighted by Crippen LogP contribution is 2.25. The van der Waals surface area contributed by atoms with Crippen LogP contribution in [0.5, 0.6) is 5.75 Å². The number of benzene rings is 2. The number of hydrogen-bond acceptors (Lipinski definition) is 3. The van der Waals surface area contributed by atoms with Crippen LogP contribution in [0.15, 0.2) is 46.9 Å². The number of para-hydroxylation sites is 2. The molecule has 4 nitrogen and oxygen atoms in total. The van der Waals surface area contributed by atoms with E-state index >= 15 is 0 Å². The van der Waals surface area contributed by atoms with Gasteiger partial charge in [-0.15, -0.1) is 0 Å². The van der Waals surface area contributed by atoms with E-state index in [1.165, 1.54) is 0 Å². The molecule has 1 N–H and O–H groups in total. The molecule has 0 bridgehead atoms. The molecular weight excluding hydrogens is 332 g/mol. The van der Waals surface area contributed by atoms with E-state index in [0.717, 1.165) is 10.0 Å². The largest absolute Gasteiger partial charge is 0.477 e. The summed E-state index contributed by atoms with van der Waals surface area (Å²) in [6, 6.07) is 14.5. The van der Waals surface area contributed by atoms with Crippen molar-refractivity contribution in [1.82, 2.24) is 0 Å². The molecule has 0 radical (unpaired) electrons. The molecule has 0 aliphatic carbocycles. The Hall–Kier alpha value is -2.32. The molecule has 0 heterocycles. The van der Waals surface area contributed by atoms with Crippen LogP contribution in [0.1, 0.15) is 15.9 Å². The Labute approximate surface area is 131 Å². The van der Waals surface area contributed by atoms with Crippen LogP contribution in [-0.4, -0.2) is 12.5 Å². The van der Waals surface area contributed by atoms with Gasteiger partial charge in [-0.05, 0) is 36.8 Å². The van der Waals surface area contributed by atoms with Crippen molar-refractivity contribution in [2.45, 2.75) is 6.92 Å². The molecule has 0 saturated carbocycles. The molecule has 2 aromatic carbocycles. The summed E-state index contributed by atoms with van der Waals surface area (Å²) in [4.78, 5) is 12.4. The minimum atomic E-state index is -0.221. The van der Waals surface area contributed by atoms with E-state index in [1.54, 1.807) is 30.3 Å². The number of halogens is 1. The maximum Gasteiger partial charge on any atom is 0.256 e. The summed E-state index contributed by atoms with van der Waals surface area (Å²) in [6.45, 7) is 1.81. The molecular formula is C16H13BrN2O2. The molecule has 5 heteroatoms. The molecule has 0 aromatic heterocycles. The van der Waals surface area contributed by atoms with Gasteiger partial charge in [0.1, 0.15) is 11.8 Å². The summed E-state index contributed by atoms with van der Waals surface area (Å²) in [7, 11) is 0. The Balaban J connectivity index is 2.24. The third kappa shape index (κ3) is 3.83. The lowest BCUT2D eigenvalue weighted by Gasteiger charge is -2.12. The monoisotopic (exact) mass is 344 g/mol. The van der Waals surface area contributed by atoms with E-state index < -0.39 is 0 Å². The SMILES string of the molecule is Cc1ccc(Br)cc1C(=O)Nc1ccccc1OCC#N. The number of amides is 1. The lowest BCUT2D eigenvalue weighted by molar-refractivity contribution is 0.102. The van der Waals surface area contributed by atoms with Crippen molar-refractivity contribution in [2.24, 2.45) is 0 Å². The lowest BCUT2D eigenvalue weighted by Crippen LogP contribution is -2.14. The van der Waals surface area contributed by atoms with Crippen LogP contribution < -0.4 is 10.1 Å². The second-order valence-corrected chi connectivity index (χ2v) is 5.27. The van der Waals surface area contributed by atoms with Gasteiger partial charge in [-0.25, -0.2) is 0 Å². The van der Waals surface area contributed by atoms with Gasteiger partial charge >= 0.3 is 0 Å². The number of nitrogens with zero attached hydrogens (tertiary/aromatic N) is 1. The highest BCUT2D eigenvalue weighted by atomic mass is 79.9. The summed E-state index contributed by atoms with van der Waals surface area (Å²) in [5, 5.41) is 11.4. The smallest absolute Gasteiger partial charge is 0.256 e. The van der Waals surface area contributed by atoms with Crippen LogP contribution in [-0.2, 0) is 0 Å². The zero-order valence-corrected chi connectivity index (χ0v) is 13.0. The van der Waals surface area contributed by atoms with Crippen molar-refractivity contribution < 1.29 is 9.53 Å². The van der Waals surface area contributed by atoms with Crippen LogP contribution in [0, 0.1) is 18.3 Å². The summed E-state index contributed by atoms with van der Waals surface area (Å²) in [5.74, 6) is 0.252. The van der Waals surface area contributed by atoms with E-state index in [9.17, 15) is 4.79 Å². The average molecular weight is 345 g/mol. The third-order valence-electron chi connectivity index (χ3n) is 2.87. The quantitative estimate of drug-likeness (QED) is 0.914. The van der Waals surface area contributed by atoms with Crippen molar-refractivity contribution in [3.63, 3.8) is 0 Å². The molecule has 0 aliphatic rings. The number of anilines is 1. The molecule has 0 unspecified atom stereocenters. The fourth-order valence-corrected chi connectivity index (χ4v) is 2.20. The molecule has 2 rings (SSSR count). The van der Waals surface area contributed by atoms with Crippen LogP contribution in [0.4, 0.5) is 5.69 Å². The number of ether oxygens (including phenoxy) is 1. The van der Waals surface area contributed by atoms with Gasteiger partial charge in [0.25, 0.3) is 5.91 Å². The van der Waals surface area contributed by atoms with Crippen molar-refractivity contribution in [3.8, 4) is 11.8 Å². The van der Waals surface area contributed by atoms with Crippen LogP contribution in [0.3, 0.4) is 0 Å². The van der Waals surface area contributed by atoms with E-state index in [1.807, 2.05) is 25.1 Å². The number of carbonyl (C=O) groups excluding carboxylic acids is 1. The lowest BCUT2D eigenvalue weighted by atomic mass is 10.1. The predicted molar refractivity (Wildman–Crippen MR) is 84.4 cm³/mol. The normalized spacial score (nSPS) is 9.76. The summed E-state index contributed by atoms with van der Waals surface area (Å²) in [5.41, 5.74) is 2.00. The van der Waals surface area contributed by atoms with Gasteiger partial charge in [-0.1, -0.05) is 34.1 Å². The predicted octanol–water partition coefficient (Wildman–Crippen LogP) is 3.91. The molecule has 0 fully saturated rings. The van der Waals surface area contributed by atoms with E-state index in [0.29, 0.717) is 17.0 Å². The van der Waals surface area contributed by atoms with Crippen LogP contribution in [0.25, 0.3) is 0 Å². The molecule has 0 atom stereocenters.